The topological polar surface area (TPSA) is 92.7 Å². The molecule has 2 amide bonds. The number of nitrogens with zero attached hydrogens (tertiary/aromatic N) is 2. The van der Waals surface area contributed by atoms with E-state index in [-0.39, 0.29) is 18.4 Å². The fraction of sp³-hybridized carbons (Fsp3) is 0.385. The Labute approximate surface area is 113 Å². The second kappa shape index (κ2) is 6.08. The molecule has 0 aliphatic rings. The number of carbonyl (C=O) groups excluding carboxylic acids is 2. The summed E-state index contributed by atoms with van der Waals surface area (Å²) in [5.41, 5.74) is 12.6. The summed E-state index contributed by atoms with van der Waals surface area (Å²) in [7, 11) is 3.30. The van der Waals surface area contributed by atoms with Gasteiger partial charge in [0.25, 0.3) is 5.91 Å². The highest BCUT2D eigenvalue weighted by molar-refractivity contribution is 5.98. The molecule has 0 spiro atoms. The van der Waals surface area contributed by atoms with Gasteiger partial charge < -0.3 is 21.3 Å². The zero-order valence-electron chi connectivity index (χ0n) is 11.5. The van der Waals surface area contributed by atoms with E-state index < -0.39 is 0 Å². The average molecular weight is 264 g/mol. The number of amides is 2. The number of carbonyl (C=O) groups is 2. The Bertz CT molecular complexity index is 465. The molecule has 0 radical (unpaired) electrons. The van der Waals surface area contributed by atoms with Gasteiger partial charge >= 0.3 is 0 Å². The lowest BCUT2D eigenvalue weighted by molar-refractivity contribution is -0.129. The Kier molecular flexibility index (Phi) is 4.74. The second-order valence-corrected chi connectivity index (χ2v) is 4.50. The van der Waals surface area contributed by atoms with Gasteiger partial charge in [-0.2, -0.15) is 0 Å². The van der Waals surface area contributed by atoms with E-state index in [9.17, 15) is 9.59 Å². The highest BCUT2D eigenvalue weighted by atomic mass is 16.2. The van der Waals surface area contributed by atoms with E-state index in [1.165, 1.54) is 9.80 Å². The lowest BCUT2D eigenvalue weighted by Crippen LogP contribution is -2.40. The van der Waals surface area contributed by atoms with Crippen LogP contribution >= 0.6 is 0 Å². The Hall–Kier alpha value is -2.24. The summed E-state index contributed by atoms with van der Waals surface area (Å²) in [6.07, 6.45) is 0. The third kappa shape index (κ3) is 3.87. The SMILES string of the molecule is CCN(CC(=O)N(C)C)C(=O)c1cc(N)cc(N)c1. The van der Waals surface area contributed by atoms with Crippen LogP contribution in [0.25, 0.3) is 0 Å². The third-order valence-corrected chi connectivity index (χ3v) is 2.72. The lowest BCUT2D eigenvalue weighted by Gasteiger charge is -2.22. The molecular weight excluding hydrogens is 244 g/mol. The Balaban J connectivity index is 2.92. The maximum absolute atomic E-state index is 12.3. The van der Waals surface area contributed by atoms with Crippen molar-refractivity contribution in [1.29, 1.82) is 0 Å². The molecule has 0 aliphatic heterocycles. The summed E-state index contributed by atoms with van der Waals surface area (Å²) >= 11 is 0. The zero-order valence-corrected chi connectivity index (χ0v) is 11.5. The summed E-state index contributed by atoms with van der Waals surface area (Å²) in [4.78, 5) is 26.8. The predicted molar refractivity (Wildman–Crippen MR) is 75.5 cm³/mol. The van der Waals surface area contributed by atoms with Crippen molar-refractivity contribution < 1.29 is 9.59 Å². The maximum atomic E-state index is 12.3. The maximum Gasteiger partial charge on any atom is 0.254 e. The van der Waals surface area contributed by atoms with Crippen LogP contribution in [0.4, 0.5) is 11.4 Å². The molecule has 0 saturated heterocycles. The van der Waals surface area contributed by atoms with Crippen LogP contribution in [0.15, 0.2) is 18.2 Å². The summed E-state index contributed by atoms with van der Waals surface area (Å²) in [6.45, 7) is 2.29. The van der Waals surface area contributed by atoms with Gasteiger partial charge in [0.05, 0.1) is 6.54 Å². The molecule has 6 heteroatoms. The molecule has 0 aliphatic carbocycles. The highest BCUT2D eigenvalue weighted by Gasteiger charge is 2.18. The van der Waals surface area contributed by atoms with Crippen molar-refractivity contribution in [3.63, 3.8) is 0 Å². The van der Waals surface area contributed by atoms with Crippen molar-refractivity contribution in [2.45, 2.75) is 6.92 Å². The first-order valence-corrected chi connectivity index (χ1v) is 6.00. The normalized spacial score (nSPS) is 10.1. The zero-order chi connectivity index (χ0) is 14.6. The van der Waals surface area contributed by atoms with Crippen molar-refractivity contribution in [3.8, 4) is 0 Å². The molecule has 1 aromatic carbocycles. The van der Waals surface area contributed by atoms with Crippen LogP contribution in [0.3, 0.4) is 0 Å². The number of nitrogen functional groups attached to an aromatic ring is 2. The van der Waals surface area contributed by atoms with Crippen LogP contribution in [-0.4, -0.2) is 48.8 Å². The van der Waals surface area contributed by atoms with E-state index >= 15 is 0 Å². The van der Waals surface area contributed by atoms with Crippen LogP contribution in [-0.2, 0) is 4.79 Å². The third-order valence-electron chi connectivity index (χ3n) is 2.72. The number of hydrogen-bond acceptors (Lipinski definition) is 4. The fourth-order valence-electron chi connectivity index (χ4n) is 1.61. The molecule has 0 heterocycles. The number of hydrogen-bond donors (Lipinski definition) is 2. The molecule has 0 aromatic heterocycles. The van der Waals surface area contributed by atoms with Crippen LogP contribution in [0.5, 0.6) is 0 Å². The molecule has 104 valence electrons. The van der Waals surface area contributed by atoms with Gasteiger partial charge in [-0.05, 0) is 25.1 Å². The van der Waals surface area contributed by atoms with Crippen LogP contribution in [0, 0.1) is 0 Å². The molecule has 0 atom stereocenters. The minimum Gasteiger partial charge on any atom is -0.399 e. The molecule has 1 rings (SSSR count). The van der Waals surface area contributed by atoms with Gasteiger partial charge in [0.15, 0.2) is 0 Å². The molecule has 4 N–H and O–H groups in total. The predicted octanol–water partition coefficient (Wildman–Crippen LogP) is 0.401. The largest absolute Gasteiger partial charge is 0.399 e. The van der Waals surface area contributed by atoms with Gasteiger partial charge in [-0.15, -0.1) is 0 Å². The minimum atomic E-state index is -0.253. The van der Waals surface area contributed by atoms with Crippen LogP contribution < -0.4 is 11.5 Å². The average Bonchev–Trinajstić information content (AvgIpc) is 2.33. The molecule has 0 fully saturated rings. The number of benzene rings is 1. The van der Waals surface area contributed by atoms with Gasteiger partial charge in [0.1, 0.15) is 0 Å². The fourth-order valence-corrected chi connectivity index (χ4v) is 1.61. The Morgan fingerprint density at radius 3 is 2.05 bits per heavy atom. The first-order chi connectivity index (χ1) is 8.85. The first-order valence-electron chi connectivity index (χ1n) is 6.00. The first kappa shape index (κ1) is 14.8. The van der Waals surface area contributed by atoms with Crippen molar-refractivity contribution >= 4 is 23.2 Å². The van der Waals surface area contributed by atoms with E-state index in [4.69, 9.17) is 11.5 Å². The van der Waals surface area contributed by atoms with E-state index in [0.717, 1.165) is 0 Å². The second-order valence-electron chi connectivity index (χ2n) is 4.50. The van der Waals surface area contributed by atoms with Gasteiger partial charge in [0, 0.05) is 37.6 Å². The summed E-state index contributed by atoms with van der Waals surface area (Å²) in [6, 6.07) is 4.70. The summed E-state index contributed by atoms with van der Waals surface area (Å²) in [5.74, 6) is -0.385. The number of likely N-dealkylation sites (N-methyl/N-ethyl adjacent to an activating group) is 2. The van der Waals surface area contributed by atoms with Crippen LogP contribution in [0.1, 0.15) is 17.3 Å². The van der Waals surface area contributed by atoms with Crippen molar-refractivity contribution in [3.05, 3.63) is 23.8 Å². The summed E-state index contributed by atoms with van der Waals surface area (Å²) < 4.78 is 0. The molecular formula is C13H20N4O2. The molecule has 0 bridgehead atoms. The van der Waals surface area contributed by atoms with Crippen molar-refractivity contribution in [1.82, 2.24) is 9.80 Å². The van der Waals surface area contributed by atoms with Gasteiger partial charge in [-0.25, -0.2) is 0 Å². The lowest BCUT2D eigenvalue weighted by atomic mass is 10.1. The van der Waals surface area contributed by atoms with Gasteiger partial charge in [0.2, 0.25) is 5.91 Å². The minimum absolute atomic E-state index is 0.0387. The van der Waals surface area contributed by atoms with Crippen molar-refractivity contribution in [2.24, 2.45) is 0 Å². The van der Waals surface area contributed by atoms with Gasteiger partial charge in [-0.3, -0.25) is 9.59 Å². The number of rotatable bonds is 4. The summed E-state index contributed by atoms with van der Waals surface area (Å²) in [5, 5.41) is 0. The molecule has 19 heavy (non-hydrogen) atoms. The molecule has 0 saturated carbocycles. The van der Waals surface area contributed by atoms with E-state index in [2.05, 4.69) is 0 Å². The van der Waals surface area contributed by atoms with Crippen LogP contribution in [0.2, 0.25) is 0 Å². The molecule has 1 aromatic rings. The van der Waals surface area contributed by atoms with Gasteiger partial charge in [-0.1, -0.05) is 0 Å². The Morgan fingerprint density at radius 1 is 1.11 bits per heavy atom. The van der Waals surface area contributed by atoms with E-state index in [0.29, 0.717) is 23.5 Å². The monoisotopic (exact) mass is 264 g/mol. The Morgan fingerprint density at radius 2 is 1.63 bits per heavy atom. The highest BCUT2D eigenvalue weighted by Crippen LogP contribution is 2.15. The number of anilines is 2. The quantitative estimate of drug-likeness (QED) is 0.770. The van der Waals surface area contributed by atoms with Crippen molar-refractivity contribution in [2.75, 3.05) is 38.7 Å². The molecule has 6 nitrogen and oxygen atoms in total. The number of nitrogens with two attached hydrogens (primary N) is 2. The molecule has 0 unspecified atom stereocenters. The standard InChI is InChI=1S/C13H20N4O2/c1-4-17(8-12(18)16(2)3)13(19)9-5-10(14)7-11(15)6-9/h5-7H,4,8,14-15H2,1-3H3. The van der Waals surface area contributed by atoms with E-state index in [1.54, 1.807) is 32.3 Å². The smallest absolute Gasteiger partial charge is 0.254 e. The van der Waals surface area contributed by atoms with E-state index in [1.807, 2.05) is 6.92 Å².